The molecule has 0 spiro atoms. The van der Waals surface area contributed by atoms with Crippen molar-refractivity contribution in [2.24, 2.45) is 0 Å². The van der Waals surface area contributed by atoms with Crippen molar-refractivity contribution in [2.45, 2.75) is 65.0 Å². The molecule has 9 heteroatoms. The van der Waals surface area contributed by atoms with E-state index in [1.807, 2.05) is 37.3 Å². The lowest BCUT2D eigenvalue weighted by Gasteiger charge is -2.38. The molecule has 2 rings (SSSR count). The number of hydrogen-bond donors (Lipinski definition) is 0. The molecule has 0 aliphatic carbocycles. The van der Waals surface area contributed by atoms with Crippen LogP contribution in [0.4, 0.5) is 0 Å². The minimum absolute atomic E-state index is 0.0692. The highest BCUT2D eigenvalue weighted by molar-refractivity contribution is 14.1. The van der Waals surface area contributed by atoms with Crippen LogP contribution in [0, 0.1) is 3.57 Å². The molecule has 0 radical (unpaired) electrons. The van der Waals surface area contributed by atoms with Crippen LogP contribution < -0.4 is 9.47 Å². The van der Waals surface area contributed by atoms with Crippen molar-refractivity contribution in [2.75, 3.05) is 20.3 Å². The topological polar surface area (TPSA) is 66.9 Å². The van der Waals surface area contributed by atoms with Gasteiger partial charge in [0, 0.05) is 6.42 Å². The Hall–Kier alpha value is -1.20. The first-order valence-corrected chi connectivity index (χ1v) is 15.6. The number of nitrogens with zero attached hydrogens (tertiary/aromatic N) is 1. The average Bonchev–Trinajstić information content (AvgIpc) is 2.75. The fourth-order valence-electron chi connectivity index (χ4n) is 2.83. The molecule has 0 saturated heterocycles. The van der Waals surface area contributed by atoms with Crippen molar-refractivity contribution < 1.29 is 23.4 Å². The standard InChI is InChI=1S/C25H35ClINO5Si/c1-17(33-34(6,7)25(2,3)4)22-14-21(27)23(24(26)28-22)32-16-19(29)12-13-31-15-18-8-10-20(30-5)11-9-18/h8-11,14,17H,12-13,15-16H2,1-7H3. The van der Waals surface area contributed by atoms with E-state index in [4.69, 9.17) is 30.2 Å². The molecule has 1 unspecified atom stereocenters. The first kappa shape index (κ1) is 29.0. The molecule has 0 aliphatic heterocycles. The highest BCUT2D eigenvalue weighted by Gasteiger charge is 2.39. The summed E-state index contributed by atoms with van der Waals surface area (Å²) in [4.78, 5) is 16.7. The number of carbonyl (C=O) groups excluding carboxylic acids is 1. The third-order valence-corrected chi connectivity index (χ3v) is 11.5. The van der Waals surface area contributed by atoms with Crippen LogP contribution in [0.15, 0.2) is 30.3 Å². The summed E-state index contributed by atoms with van der Waals surface area (Å²) in [6.45, 7) is 13.7. The summed E-state index contributed by atoms with van der Waals surface area (Å²) in [5.41, 5.74) is 1.77. The smallest absolute Gasteiger partial charge is 0.192 e. The predicted molar refractivity (Wildman–Crippen MR) is 146 cm³/mol. The third kappa shape index (κ3) is 8.48. The summed E-state index contributed by atoms with van der Waals surface area (Å²) < 4.78 is 23.7. The molecule has 1 heterocycles. The molecule has 2 aromatic rings. The van der Waals surface area contributed by atoms with Gasteiger partial charge in [-0.3, -0.25) is 4.79 Å². The highest BCUT2D eigenvalue weighted by atomic mass is 127. The van der Waals surface area contributed by atoms with Gasteiger partial charge in [-0.1, -0.05) is 44.5 Å². The summed E-state index contributed by atoms with van der Waals surface area (Å²) in [5, 5.41) is 0.330. The SMILES string of the molecule is COc1ccc(COCCC(=O)COc2c(I)cc(C(C)O[Si](C)(C)C(C)(C)C)nc2Cl)cc1. The number of hydrogen-bond acceptors (Lipinski definition) is 6. The normalized spacial score (nSPS) is 13.0. The van der Waals surface area contributed by atoms with Crippen LogP contribution in [0.2, 0.25) is 23.3 Å². The number of Topliss-reactive ketones (excluding diaryl/α,β-unsaturated/α-hetero) is 1. The molecule has 0 amide bonds. The quantitative estimate of drug-likeness (QED) is 0.110. The molecule has 1 aromatic carbocycles. The van der Waals surface area contributed by atoms with Gasteiger partial charge in [0.05, 0.1) is 35.7 Å². The Kier molecular flexibility index (Phi) is 10.8. The fourth-order valence-corrected chi connectivity index (χ4v) is 5.33. The monoisotopic (exact) mass is 619 g/mol. The first-order chi connectivity index (χ1) is 15.8. The van der Waals surface area contributed by atoms with Crippen molar-refractivity contribution in [3.8, 4) is 11.5 Å². The van der Waals surface area contributed by atoms with Gasteiger partial charge in [-0.15, -0.1) is 0 Å². The van der Waals surface area contributed by atoms with Crippen LogP contribution in [0.25, 0.3) is 0 Å². The summed E-state index contributed by atoms with van der Waals surface area (Å²) in [6.07, 6.45) is 0.0678. The van der Waals surface area contributed by atoms with Gasteiger partial charge >= 0.3 is 0 Å². The Labute approximate surface area is 223 Å². The van der Waals surface area contributed by atoms with Crippen molar-refractivity contribution in [1.29, 1.82) is 0 Å². The van der Waals surface area contributed by atoms with E-state index in [1.54, 1.807) is 7.11 Å². The fraction of sp³-hybridized carbons (Fsp3) is 0.520. The molecule has 0 fully saturated rings. The van der Waals surface area contributed by atoms with E-state index in [-0.39, 0.29) is 35.1 Å². The van der Waals surface area contributed by atoms with Crippen molar-refractivity contribution >= 4 is 48.3 Å². The number of pyridine rings is 1. The second-order valence-electron chi connectivity index (χ2n) is 9.65. The summed E-state index contributed by atoms with van der Waals surface area (Å²) in [5.74, 6) is 1.14. The van der Waals surface area contributed by atoms with E-state index in [2.05, 4.69) is 61.4 Å². The summed E-state index contributed by atoms with van der Waals surface area (Å²) in [7, 11) is -0.323. The minimum atomic E-state index is -1.95. The van der Waals surface area contributed by atoms with Gasteiger partial charge in [0.2, 0.25) is 0 Å². The lowest BCUT2D eigenvalue weighted by atomic mass is 10.2. The lowest BCUT2D eigenvalue weighted by Crippen LogP contribution is -2.41. The Balaban J connectivity index is 1.85. The van der Waals surface area contributed by atoms with Crippen molar-refractivity contribution in [1.82, 2.24) is 4.98 Å². The van der Waals surface area contributed by atoms with E-state index in [1.165, 1.54) is 0 Å². The van der Waals surface area contributed by atoms with Gasteiger partial charge in [-0.25, -0.2) is 4.98 Å². The minimum Gasteiger partial charge on any atom is -0.497 e. The third-order valence-electron chi connectivity index (χ3n) is 5.93. The highest BCUT2D eigenvalue weighted by Crippen LogP contribution is 2.40. The average molecular weight is 620 g/mol. The van der Waals surface area contributed by atoms with E-state index < -0.39 is 8.32 Å². The van der Waals surface area contributed by atoms with E-state index in [0.29, 0.717) is 19.0 Å². The molecule has 188 valence electrons. The number of aromatic nitrogens is 1. The Morgan fingerprint density at radius 2 is 1.85 bits per heavy atom. The van der Waals surface area contributed by atoms with Crippen LogP contribution >= 0.6 is 34.2 Å². The van der Waals surface area contributed by atoms with Gasteiger partial charge in [0.15, 0.2) is 25.0 Å². The maximum atomic E-state index is 12.3. The molecule has 0 N–H and O–H groups in total. The van der Waals surface area contributed by atoms with Crippen LogP contribution in [0.3, 0.4) is 0 Å². The maximum Gasteiger partial charge on any atom is 0.192 e. The Morgan fingerprint density at radius 1 is 1.21 bits per heavy atom. The molecule has 0 saturated carbocycles. The number of benzene rings is 1. The molecule has 34 heavy (non-hydrogen) atoms. The van der Waals surface area contributed by atoms with E-state index >= 15 is 0 Å². The zero-order valence-electron chi connectivity index (χ0n) is 21.0. The van der Waals surface area contributed by atoms with Crippen LogP contribution in [-0.2, 0) is 20.6 Å². The van der Waals surface area contributed by atoms with Gasteiger partial charge < -0.3 is 18.6 Å². The van der Waals surface area contributed by atoms with Crippen LogP contribution in [0.1, 0.15) is 51.5 Å². The maximum absolute atomic E-state index is 12.3. The molecule has 6 nitrogen and oxygen atoms in total. The van der Waals surface area contributed by atoms with Gasteiger partial charge in [-0.05, 0) is 71.4 Å². The second-order valence-corrected chi connectivity index (χ2v) is 15.9. The number of carbonyl (C=O) groups is 1. The second kappa shape index (κ2) is 12.7. The molecule has 0 bridgehead atoms. The Morgan fingerprint density at radius 3 is 2.41 bits per heavy atom. The number of ketones is 1. The molecular weight excluding hydrogens is 585 g/mol. The van der Waals surface area contributed by atoms with E-state index in [9.17, 15) is 4.79 Å². The van der Waals surface area contributed by atoms with Crippen LogP contribution in [0.5, 0.6) is 11.5 Å². The molecular formula is C25H35ClINO5Si. The van der Waals surface area contributed by atoms with Gasteiger partial charge in [-0.2, -0.15) is 0 Å². The lowest BCUT2D eigenvalue weighted by molar-refractivity contribution is -0.122. The Bertz CT molecular complexity index is 940. The molecule has 1 aromatic heterocycles. The number of halogens is 2. The van der Waals surface area contributed by atoms with Crippen LogP contribution in [-0.4, -0.2) is 39.4 Å². The largest absolute Gasteiger partial charge is 0.497 e. The predicted octanol–water partition coefficient (Wildman–Crippen LogP) is 6.99. The zero-order valence-corrected chi connectivity index (χ0v) is 25.0. The summed E-state index contributed by atoms with van der Waals surface area (Å²) in [6, 6.07) is 9.53. The molecule has 0 aliphatic rings. The first-order valence-electron chi connectivity index (χ1n) is 11.2. The zero-order chi connectivity index (χ0) is 25.5. The van der Waals surface area contributed by atoms with Gasteiger partial charge in [0.1, 0.15) is 12.4 Å². The van der Waals surface area contributed by atoms with Gasteiger partial charge in [0.25, 0.3) is 0 Å². The van der Waals surface area contributed by atoms with E-state index in [0.717, 1.165) is 20.6 Å². The van der Waals surface area contributed by atoms with Crippen molar-refractivity contribution in [3.05, 3.63) is 50.3 Å². The number of methoxy groups -OCH3 is 1. The summed E-state index contributed by atoms with van der Waals surface area (Å²) >= 11 is 8.56. The van der Waals surface area contributed by atoms with Crippen molar-refractivity contribution in [3.63, 3.8) is 0 Å². The number of ether oxygens (including phenoxy) is 3. The molecule has 1 atom stereocenters. The number of rotatable bonds is 12.